The number of carbonyl (C=O) groups is 2. The van der Waals surface area contributed by atoms with E-state index in [9.17, 15) is 9.59 Å². The van der Waals surface area contributed by atoms with Gasteiger partial charge >= 0.3 is 11.9 Å². The normalized spacial score (nSPS) is 11.2. The number of ether oxygens (including phenoxy) is 2. The van der Waals surface area contributed by atoms with Crippen molar-refractivity contribution in [2.75, 3.05) is 13.2 Å². The molecule has 0 amide bonds. The molecule has 0 unspecified atom stereocenters. The summed E-state index contributed by atoms with van der Waals surface area (Å²) in [5, 5.41) is 0. The number of rotatable bonds is 7. The van der Waals surface area contributed by atoms with Crippen LogP contribution in [0.15, 0.2) is 36.9 Å². The van der Waals surface area contributed by atoms with Crippen LogP contribution < -0.4 is 0 Å². The summed E-state index contributed by atoms with van der Waals surface area (Å²) in [7, 11) is 0. The predicted octanol–water partition coefficient (Wildman–Crippen LogP) is 1.81. The monoisotopic (exact) mass is 330 g/mol. The molecule has 0 bridgehead atoms. The molecule has 8 nitrogen and oxygen atoms in total. The van der Waals surface area contributed by atoms with Crippen molar-refractivity contribution in [1.82, 2.24) is 19.1 Å². The van der Waals surface area contributed by atoms with Gasteiger partial charge in [0.05, 0.1) is 13.2 Å². The molecule has 2 rings (SSSR count). The molecule has 0 spiro atoms. The van der Waals surface area contributed by atoms with Crippen LogP contribution in [0.2, 0.25) is 0 Å². The minimum absolute atomic E-state index is 0.309. The quantitative estimate of drug-likeness (QED) is 0.568. The molecule has 2 aromatic rings. The number of nitrogens with zero attached hydrogens (tertiary/aromatic N) is 4. The lowest BCUT2D eigenvalue weighted by molar-refractivity contribution is -0.138. The zero-order valence-electron chi connectivity index (χ0n) is 13.5. The van der Waals surface area contributed by atoms with E-state index in [1.54, 1.807) is 47.8 Å². The van der Waals surface area contributed by atoms with Gasteiger partial charge in [-0.25, -0.2) is 19.6 Å². The lowest BCUT2D eigenvalue weighted by Crippen LogP contribution is -2.02. The van der Waals surface area contributed by atoms with Gasteiger partial charge in [0.1, 0.15) is 0 Å². The highest BCUT2D eigenvalue weighted by Gasteiger charge is 2.10. The van der Waals surface area contributed by atoms with Crippen LogP contribution in [-0.2, 0) is 19.1 Å². The smallest absolute Gasteiger partial charge is 0.332 e. The van der Waals surface area contributed by atoms with Crippen LogP contribution >= 0.6 is 0 Å². The largest absolute Gasteiger partial charge is 0.463 e. The zero-order chi connectivity index (χ0) is 17.4. The number of aromatic nitrogens is 4. The molecule has 0 aliphatic rings. The van der Waals surface area contributed by atoms with Gasteiger partial charge < -0.3 is 18.6 Å². The summed E-state index contributed by atoms with van der Waals surface area (Å²) < 4.78 is 12.9. The van der Waals surface area contributed by atoms with Crippen LogP contribution in [0, 0.1) is 0 Å². The molecule has 0 radical (unpaired) electrons. The Balaban J connectivity index is 2.22. The first-order chi connectivity index (χ1) is 11.7. The number of esters is 2. The second kappa shape index (κ2) is 8.47. The van der Waals surface area contributed by atoms with Crippen LogP contribution in [0.1, 0.15) is 13.8 Å². The highest BCUT2D eigenvalue weighted by molar-refractivity contribution is 5.86. The molecule has 0 N–H and O–H groups in total. The zero-order valence-corrected chi connectivity index (χ0v) is 13.5. The van der Waals surface area contributed by atoms with Crippen molar-refractivity contribution >= 4 is 24.3 Å². The van der Waals surface area contributed by atoms with Crippen molar-refractivity contribution < 1.29 is 19.1 Å². The summed E-state index contributed by atoms with van der Waals surface area (Å²) in [6.07, 6.45) is 12.2. The molecule has 0 saturated carbocycles. The molecule has 0 aliphatic heterocycles. The fourth-order valence-electron chi connectivity index (χ4n) is 1.88. The fraction of sp³-hybridized carbons (Fsp3) is 0.250. The molecule has 2 aromatic heterocycles. The molecule has 0 atom stereocenters. The van der Waals surface area contributed by atoms with Crippen LogP contribution in [-0.4, -0.2) is 44.3 Å². The van der Waals surface area contributed by atoms with Crippen LogP contribution in [0.3, 0.4) is 0 Å². The summed E-state index contributed by atoms with van der Waals surface area (Å²) in [5.74, 6) is 0.133. The standard InChI is InChI=1S/C16H18N4O4/c1-3-23-13(21)5-9-19-11-7-17-15(19)16-18-8-12-20(16)10-6-14(22)24-4-2/h5-12H,3-4H2,1-2H3/b9-5-,10-6+. The van der Waals surface area contributed by atoms with E-state index in [-0.39, 0.29) is 0 Å². The summed E-state index contributed by atoms with van der Waals surface area (Å²) in [5.41, 5.74) is 0. The molecule has 24 heavy (non-hydrogen) atoms. The van der Waals surface area contributed by atoms with Crippen LogP contribution in [0.25, 0.3) is 24.0 Å². The van der Waals surface area contributed by atoms with E-state index in [0.29, 0.717) is 24.9 Å². The Bertz CT molecular complexity index is 693. The summed E-state index contributed by atoms with van der Waals surface area (Å²) in [4.78, 5) is 31.3. The topological polar surface area (TPSA) is 88.2 Å². The van der Waals surface area contributed by atoms with Crippen molar-refractivity contribution in [3.8, 4) is 11.6 Å². The maximum absolute atomic E-state index is 11.4. The van der Waals surface area contributed by atoms with E-state index in [1.165, 1.54) is 24.6 Å². The third-order valence-electron chi connectivity index (χ3n) is 2.85. The first-order valence-electron chi connectivity index (χ1n) is 7.41. The fourth-order valence-corrected chi connectivity index (χ4v) is 1.88. The Morgan fingerprint density at radius 1 is 0.917 bits per heavy atom. The third-order valence-corrected chi connectivity index (χ3v) is 2.85. The van der Waals surface area contributed by atoms with E-state index >= 15 is 0 Å². The van der Waals surface area contributed by atoms with Gasteiger partial charge in [-0.3, -0.25) is 0 Å². The first-order valence-corrected chi connectivity index (χ1v) is 7.41. The van der Waals surface area contributed by atoms with Crippen molar-refractivity contribution in [2.24, 2.45) is 0 Å². The van der Waals surface area contributed by atoms with E-state index in [2.05, 4.69) is 9.97 Å². The highest BCUT2D eigenvalue weighted by atomic mass is 16.5. The van der Waals surface area contributed by atoms with Crippen molar-refractivity contribution in [3.05, 3.63) is 36.9 Å². The highest BCUT2D eigenvalue weighted by Crippen LogP contribution is 2.16. The minimum atomic E-state index is -0.442. The number of hydrogen-bond acceptors (Lipinski definition) is 6. The van der Waals surface area contributed by atoms with Gasteiger partial charge in [0.25, 0.3) is 0 Å². The van der Waals surface area contributed by atoms with Gasteiger partial charge in [0.15, 0.2) is 11.6 Å². The Labute approximate surface area is 139 Å². The van der Waals surface area contributed by atoms with E-state index in [1.807, 2.05) is 0 Å². The van der Waals surface area contributed by atoms with E-state index in [4.69, 9.17) is 9.47 Å². The van der Waals surface area contributed by atoms with Crippen molar-refractivity contribution in [2.45, 2.75) is 13.8 Å². The Morgan fingerprint density at radius 3 is 1.71 bits per heavy atom. The van der Waals surface area contributed by atoms with Gasteiger partial charge in [0.2, 0.25) is 0 Å². The lowest BCUT2D eigenvalue weighted by atomic mass is 10.5. The molecule has 8 heteroatoms. The number of hydrogen-bond donors (Lipinski definition) is 0. The second-order valence-electron chi connectivity index (χ2n) is 4.45. The van der Waals surface area contributed by atoms with Crippen molar-refractivity contribution in [3.63, 3.8) is 0 Å². The van der Waals surface area contributed by atoms with Crippen LogP contribution in [0.5, 0.6) is 0 Å². The van der Waals surface area contributed by atoms with Gasteiger partial charge in [0, 0.05) is 49.3 Å². The Morgan fingerprint density at radius 2 is 1.33 bits per heavy atom. The maximum Gasteiger partial charge on any atom is 0.332 e. The Kier molecular flexibility index (Phi) is 6.07. The lowest BCUT2D eigenvalue weighted by Gasteiger charge is -2.04. The van der Waals surface area contributed by atoms with Gasteiger partial charge in [-0.05, 0) is 13.8 Å². The molecular formula is C16H18N4O4. The molecule has 0 aromatic carbocycles. The maximum atomic E-state index is 11.4. The SMILES string of the molecule is CCOC(=O)/C=C\n1ccnc1-c1nccn1/C=C/C(=O)OCC. The first kappa shape index (κ1) is 17.2. The molecule has 0 fully saturated rings. The molecule has 0 aliphatic carbocycles. The van der Waals surface area contributed by atoms with Gasteiger partial charge in [-0.2, -0.15) is 0 Å². The second-order valence-corrected chi connectivity index (χ2v) is 4.45. The van der Waals surface area contributed by atoms with Gasteiger partial charge in [-0.15, -0.1) is 0 Å². The molecule has 0 saturated heterocycles. The summed E-state index contributed by atoms with van der Waals surface area (Å²) in [6, 6.07) is 0. The minimum Gasteiger partial charge on any atom is -0.463 e. The average molecular weight is 330 g/mol. The summed E-state index contributed by atoms with van der Waals surface area (Å²) in [6.45, 7) is 4.09. The molecule has 2 heterocycles. The van der Waals surface area contributed by atoms with E-state index in [0.717, 1.165) is 0 Å². The number of imidazole rings is 2. The van der Waals surface area contributed by atoms with Crippen LogP contribution in [0.4, 0.5) is 0 Å². The third kappa shape index (κ3) is 4.42. The molecule has 126 valence electrons. The predicted molar refractivity (Wildman–Crippen MR) is 87.4 cm³/mol. The molecular weight excluding hydrogens is 312 g/mol. The Hall–Kier alpha value is -3.16. The number of carbonyl (C=O) groups excluding carboxylic acids is 2. The van der Waals surface area contributed by atoms with Crippen molar-refractivity contribution in [1.29, 1.82) is 0 Å². The van der Waals surface area contributed by atoms with E-state index < -0.39 is 11.9 Å². The average Bonchev–Trinajstić information content (AvgIpc) is 3.20. The van der Waals surface area contributed by atoms with Gasteiger partial charge in [-0.1, -0.05) is 0 Å². The summed E-state index contributed by atoms with van der Waals surface area (Å²) >= 11 is 0.